The summed E-state index contributed by atoms with van der Waals surface area (Å²) in [4.78, 5) is 15.0. The fourth-order valence-electron chi connectivity index (χ4n) is 3.42. The third kappa shape index (κ3) is 5.11. The van der Waals surface area contributed by atoms with Gasteiger partial charge in [-0.1, -0.05) is 30.3 Å². The number of sulfonamides is 1. The number of nitrogens with zero attached hydrogens (tertiary/aromatic N) is 1. The van der Waals surface area contributed by atoms with Crippen LogP contribution in [0.15, 0.2) is 77.7 Å². The highest BCUT2D eigenvalue weighted by molar-refractivity contribution is 7.92. The summed E-state index contributed by atoms with van der Waals surface area (Å²) in [5.41, 5.74) is 2.53. The predicted molar refractivity (Wildman–Crippen MR) is 118 cm³/mol. The number of halogens is 1. The second-order valence-corrected chi connectivity index (χ2v) is 9.48. The molecule has 0 radical (unpaired) electrons. The first-order chi connectivity index (χ1) is 14.8. The van der Waals surface area contributed by atoms with Gasteiger partial charge >= 0.3 is 0 Å². The monoisotopic (exact) mass is 438 g/mol. The molecule has 0 unspecified atom stereocenters. The van der Waals surface area contributed by atoms with Crippen LogP contribution in [0.5, 0.6) is 0 Å². The summed E-state index contributed by atoms with van der Waals surface area (Å²) < 4.78 is 41.5. The van der Waals surface area contributed by atoms with E-state index in [0.29, 0.717) is 17.8 Å². The number of benzene rings is 3. The van der Waals surface area contributed by atoms with Crippen LogP contribution < -0.4 is 4.72 Å². The van der Waals surface area contributed by atoms with Gasteiger partial charge in [0.05, 0.1) is 4.90 Å². The van der Waals surface area contributed by atoms with Gasteiger partial charge in [0.1, 0.15) is 5.82 Å². The molecular formula is C24H23FN2O3S. The third-order valence-electron chi connectivity index (χ3n) is 5.18. The quantitative estimate of drug-likeness (QED) is 0.579. The first-order valence-corrected chi connectivity index (χ1v) is 11.6. The summed E-state index contributed by atoms with van der Waals surface area (Å²) in [5, 5.41) is 0. The van der Waals surface area contributed by atoms with Gasteiger partial charge in [-0.25, -0.2) is 12.8 Å². The van der Waals surface area contributed by atoms with Gasteiger partial charge in [0.25, 0.3) is 15.9 Å². The Kier molecular flexibility index (Phi) is 5.78. The zero-order valence-electron chi connectivity index (χ0n) is 17.1. The van der Waals surface area contributed by atoms with Gasteiger partial charge in [-0.05, 0) is 73.4 Å². The van der Waals surface area contributed by atoms with Gasteiger partial charge in [-0.15, -0.1) is 0 Å². The summed E-state index contributed by atoms with van der Waals surface area (Å²) in [6.45, 7) is 2.23. The number of aryl methyl sites for hydroxylation is 1. The highest BCUT2D eigenvalue weighted by Crippen LogP contribution is 2.30. The van der Waals surface area contributed by atoms with E-state index in [1.165, 1.54) is 24.3 Å². The normalized spacial score (nSPS) is 13.6. The van der Waals surface area contributed by atoms with Crippen molar-refractivity contribution in [2.45, 2.75) is 37.2 Å². The zero-order valence-corrected chi connectivity index (χ0v) is 17.9. The van der Waals surface area contributed by atoms with Crippen molar-refractivity contribution in [3.8, 4) is 0 Å². The van der Waals surface area contributed by atoms with E-state index >= 15 is 0 Å². The number of hydrogen-bond donors (Lipinski definition) is 1. The molecule has 0 aromatic heterocycles. The maximum absolute atomic E-state index is 13.2. The Labute approximate surface area is 181 Å². The van der Waals surface area contributed by atoms with Crippen LogP contribution in [0.3, 0.4) is 0 Å². The Morgan fingerprint density at radius 2 is 1.74 bits per heavy atom. The van der Waals surface area contributed by atoms with E-state index in [-0.39, 0.29) is 22.7 Å². The van der Waals surface area contributed by atoms with Crippen LogP contribution in [0.2, 0.25) is 0 Å². The molecule has 1 fully saturated rings. The van der Waals surface area contributed by atoms with E-state index < -0.39 is 10.0 Å². The van der Waals surface area contributed by atoms with E-state index in [0.717, 1.165) is 24.0 Å². The molecule has 0 spiro atoms. The molecule has 1 N–H and O–H groups in total. The SMILES string of the molecule is Cc1cccc(NS(=O)(=O)c2cccc(C(=O)N(Cc3ccc(F)cc3)C3CC3)c2)c1. The van der Waals surface area contributed by atoms with Crippen molar-refractivity contribution in [1.29, 1.82) is 0 Å². The van der Waals surface area contributed by atoms with Crippen LogP contribution in [-0.2, 0) is 16.6 Å². The minimum absolute atomic E-state index is 0.0254. The average Bonchev–Trinajstić information content (AvgIpc) is 3.58. The Morgan fingerprint density at radius 1 is 1.03 bits per heavy atom. The predicted octanol–water partition coefficient (Wildman–Crippen LogP) is 4.74. The van der Waals surface area contributed by atoms with E-state index in [1.807, 2.05) is 13.0 Å². The molecule has 3 aromatic rings. The molecule has 31 heavy (non-hydrogen) atoms. The number of amides is 1. The first-order valence-electron chi connectivity index (χ1n) is 10.1. The largest absolute Gasteiger partial charge is 0.331 e. The molecule has 0 bridgehead atoms. The lowest BCUT2D eigenvalue weighted by atomic mass is 10.1. The van der Waals surface area contributed by atoms with Gasteiger partial charge in [-0.2, -0.15) is 0 Å². The molecule has 1 aliphatic carbocycles. The maximum atomic E-state index is 13.2. The van der Waals surface area contributed by atoms with Gasteiger partial charge in [-0.3, -0.25) is 9.52 Å². The Hall–Kier alpha value is -3.19. The van der Waals surface area contributed by atoms with Crippen molar-refractivity contribution in [2.75, 3.05) is 4.72 Å². The van der Waals surface area contributed by atoms with Crippen molar-refractivity contribution in [3.05, 3.63) is 95.3 Å². The van der Waals surface area contributed by atoms with Crippen molar-refractivity contribution in [3.63, 3.8) is 0 Å². The number of hydrogen-bond acceptors (Lipinski definition) is 3. The summed E-state index contributed by atoms with van der Waals surface area (Å²) in [5.74, 6) is -0.563. The standard InChI is InChI=1S/C24H23FN2O3S/c1-17-4-2-6-21(14-17)26-31(29,30)23-7-3-5-19(15-23)24(28)27(22-12-13-22)16-18-8-10-20(25)11-9-18/h2-11,14-15,22,26H,12-13,16H2,1H3. The van der Waals surface area contributed by atoms with Crippen LogP contribution in [0.25, 0.3) is 0 Å². The summed E-state index contributed by atoms with van der Waals surface area (Å²) in [7, 11) is -3.84. The smallest absolute Gasteiger partial charge is 0.261 e. The fourth-order valence-corrected chi connectivity index (χ4v) is 4.52. The third-order valence-corrected chi connectivity index (χ3v) is 6.56. The highest BCUT2D eigenvalue weighted by atomic mass is 32.2. The van der Waals surface area contributed by atoms with Gasteiger partial charge in [0, 0.05) is 23.8 Å². The van der Waals surface area contributed by atoms with Crippen LogP contribution >= 0.6 is 0 Å². The highest BCUT2D eigenvalue weighted by Gasteiger charge is 2.33. The summed E-state index contributed by atoms with van der Waals surface area (Å²) in [6.07, 6.45) is 1.81. The van der Waals surface area contributed by atoms with Crippen LogP contribution in [-0.4, -0.2) is 25.3 Å². The molecule has 0 saturated heterocycles. The molecule has 0 aliphatic heterocycles. The van der Waals surface area contributed by atoms with Crippen molar-refractivity contribution < 1.29 is 17.6 Å². The lowest BCUT2D eigenvalue weighted by Crippen LogP contribution is -2.32. The minimum atomic E-state index is -3.84. The molecule has 7 heteroatoms. The Morgan fingerprint density at radius 3 is 2.42 bits per heavy atom. The minimum Gasteiger partial charge on any atom is -0.331 e. The molecule has 1 amide bonds. The first kappa shape index (κ1) is 21.1. The molecule has 4 rings (SSSR count). The molecule has 0 heterocycles. The molecule has 1 aliphatic rings. The van der Waals surface area contributed by atoms with Gasteiger partial charge < -0.3 is 4.90 Å². The van der Waals surface area contributed by atoms with E-state index in [2.05, 4.69) is 4.72 Å². The average molecular weight is 439 g/mol. The molecule has 3 aromatic carbocycles. The van der Waals surface area contributed by atoms with Crippen LogP contribution in [0, 0.1) is 12.7 Å². The van der Waals surface area contributed by atoms with E-state index in [9.17, 15) is 17.6 Å². The van der Waals surface area contributed by atoms with Crippen molar-refractivity contribution in [1.82, 2.24) is 4.90 Å². The number of rotatable bonds is 7. The lowest BCUT2D eigenvalue weighted by molar-refractivity contribution is 0.0729. The fraction of sp³-hybridized carbons (Fsp3) is 0.208. The van der Waals surface area contributed by atoms with Gasteiger partial charge in [0.15, 0.2) is 0 Å². The second-order valence-electron chi connectivity index (χ2n) is 7.79. The number of carbonyl (C=O) groups excluding carboxylic acids is 1. The lowest BCUT2D eigenvalue weighted by Gasteiger charge is -2.23. The molecule has 1 saturated carbocycles. The molecule has 5 nitrogen and oxygen atoms in total. The maximum Gasteiger partial charge on any atom is 0.261 e. The Bertz CT molecular complexity index is 1210. The van der Waals surface area contributed by atoms with Gasteiger partial charge in [0.2, 0.25) is 0 Å². The molecular weight excluding hydrogens is 415 g/mol. The second kappa shape index (κ2) is 8.51. The summed E-state index contributed by atoms with van der Waals surface area (Å²) >= 11 is 0. The van der Waals surface area contributed by atoms with Crippen LogP contribution in [0.4, 0.5) is 10.1 Å². The summed E-state index contributed by atoms with van der Waals surface area (Å²) in [6, 6.07) is 19.3. The number of anilines is 1. The van der Waals surface area contributed by atoms with Crippen molar-refractivity contribution in [2.24, 2.45) is 0 Å². The topological polar surface area (TPSA) is 66.5 Å². The van der Waals surface area contributed by atoms with Crippen LogP contribution in [0.1, 0.15) is 34.3 Å². The Balaban J connectivity index is 1.57. The molecule has 160 valence electrons. The molecule has 0 atom stereocenters. The zero-order chi connectivity index (χ0) is 22.0. The van der Waals surface area contributed by atoms with Crippen molar-refractivity contribution >= 4 is 21.6 Å². The van der Waals surface area contributed by atoms with E-state index in [4.69, 9.17) is 0 Å². The van der Waals surface area contributed by atoms with E-state index in [1.54, 1.807) is 47.4 Å². The number of carbonyl (C=O) groups is 1. The number of nitrogens with one attached hydrogen (secondary N) is 1.